The molecule has 0 aromatic carbocycles. The van der Waals surface area contributed by atoms with Crippen LogP contribution >= 0.6 is 15.9 Å². The molecule has 0 aliphatic rings. The highest BCUT2D eigenvalue weighted by Crippen LogP contribution is 2.13. The van der Waals surface area contributed by atoms with Crippen LogP contribution in [0.5, 0.6) is 0 Å². The highest BCUT2D eigenvalue weighted by Gasteiger charge is 2.00. The molecule has 4 heteroatoms. The van der Waals surface area contributed by atoms with Crippen LogP contribution in [-0.2, 0) is 11.3 Å². The maximum absolute atomic E-state index is 11.2. The van der Waals surface area contributed by atoms with Crippen molar-refractivity contribution in [3.8, 4) is 0 Å². The molecule has 0 aliphatic carbocycles. The second-order valence-corrected chi connectivity index (χ2v) is 3.98. The summed E-state index contributed by atoms with van der Waals surface area (Å²) in [5.41, 5.74) is 1.92. The van der Waals surface area contributed by atoms with Crippen LogP contribution in [-0.4, -0.2) is 5.91 Å². The number of nitrogens with one attached hydrogen (secondary N) is 1. The van der Waals surface area contributed by atoms with Gasteiger partial charge in [0.25, 0.3) is 0 Å². The number of furan rings is 1. The van der Waals surface area contributed by atoms with E-state index < -0.39 is 0 Å². The summed E-state index contributed by atoms with van der Waals surface area (Å²) in [5, 5.41) is 2.75. The third-order valence-corrected chi connectivity index (χ3v) is 1.92. The highest BCUT2D eigenvalue weighted by molar-refractivity contribution is 9.10. The summed E-state index contributed by atoms with van der Waals surface area (Å²) in [6.45, 7) is 4.25. The largest absolute Gasteiger partial charge is 0.457 e. The number of rotatable bonds is 3. The first-order valence-corrected chi connectivity index (χ1v) is 5.03. The van der Waals surface area contributed by atoms with Gasteiger partial charge in [-0.1, -0.05) is 5.57 Å². The van der Waals surface area contributed by atoms with Crippen molar-refractivity contribution in [2.24, 2.45) is 0 Å². The zero-order valence-corrected chi connectivity index (χ0v) is 9.72. The summed E-state index contributed by atoms with van der Waals surface area (Å²) in [4.78, 5) is 11.2. The fourth-order valence-electron chi connectivity index (χ4n) is 0.941. The van der Waals surface area contributed by atoms with E-state index in [2.05, 4.69) is 21.2 Å². The molecular weight excluding hydrogens is 246 g/mol. The molecule has 76 valence electrons. The van der Waals surface area contributed by atoms with Gasteiger partial charge in [-0.05, 0) is 35.8 Å². The molecule has 3 nitrogen and oxygen atoms in total. The van der Waals surface area contributed by atoms with E-state index >= 15 is 0 Å². The van der Waals surface area contributed by atoms with Crippen molar-refractivity contribution in [3.63, 3.8) is 0 Å². The lowest BCUT2D eigenvalue weighted by Gasteiger charge is -1.98. The van der Waals surface area contributed by atoms with Crippen molar-refractivity contribution in [2.45, 2.75) is 20.4 Å². The van der Waals surface area contributed by atoms with Crippen LogP contribution in [0.4, 0.5) is 0 Å². The Hall–Kier alpha value is -1.03. The fraction of sp³-hybridized carbons (Fsp3) is 0.300. The van der Waals surface area contributed by atoms with E-state index in [1.165, 1.54) is 0 Å². The summed E-state index contributed by atoms with van der Waals surface area (Å²) < 4.78 is 5.70. The minimum Gasteiger partial charge on any atom is -0.457 e. The third kappa shape index (κ3) is 3.79. The lowest BCUT2D eigenvalue weighted by molar-refractivity contribution is -0.116. The van der Waals surface area contributed by atoms with Gasteiger partial charge in [0.1, 0.15) is 0 Å². The van der Waals surface area contributed by atoms with E-state index in [1.807, 2.05) is 19.9 Å². The molecule has 0 bridgehead atoms. The first-order valence-electron chi connectivity index (χ1n) is 4.23. The molecule has 0 saturated heterocycles. The number of allylic oxidation sites excluding steroid dienone is 1. The molecule has 1 amide bonds. The zero-order valence-electron chi connectivity index (χ0n) is 8.13. The van der Waals surface area contributed by atoms with Gasteiger partial charge in [-0.25, -0.2) is 0 Å². The Morgan fingerprint density at radius 1 is 1.64 bits per heavy atom. The van der Waals surface area contributed by atoms with Crippen molar-refractivity contribution >= 4 is 21.8 Å². The van der Waals surface area contributed by atoms with Gasteiger partial charge in [-0.2, -0.15) is 0 Å². The molecule has 0 saturated carbocycles. The smallest absolute Gasteiger partial charge is 0.244 e. The fourth-order valence-corrected chi connectivity index (χ4v) is 1.33. The topological polar surface area (TPSA) is 42.2 Å². The van der Waals surface area contributed by atoms with Crippen LogP contribution in [0.1, 0.15) is 19.4 Å². The third-order valence-electron chi connectivity index (χ3n) is 1.51. The molecule has 1 aromatic heterocycles. The van der Waals surface area contributed by atoms with Crippen LogP contribution in [0, 0.1) is 0 Å². The van der Waals surface area contributed by atoms with Gasteiger partial charge in [0.05, 0.1) is 6.26 Å². The summed E-state index contributed by atoms with van der Waals surface area (Å²) >= 11 is 3.19. The molecule has 1 aromatic rings. The number of halogens is 1. The predicted molar refractivity (Wildman–Crippen MR) is 57.7 cm³/mol. The average molecular weight is 258 g/mol. The number of carbonyl (C=O) groups excluding carboxylic acids is 1. The average Bonchev–Trinajstić information content (AvgIpc) is 2.47. The van der Waals surface area contributed by atoms with Gasteiger partial charge in [0.2, 0.25) is 5.91 Å². The molecule has 0 aliphatic heterocycles. The van der Waals surface area contributed by atoms with Gasteiger partial charge >= 0.3 is 0 Å². The highest BCUT2D eigenvalue weighted by atomic mass is 79.9. The number of carbonyl (C=O) groups is 1. The minimum atomic E-state index is -0.0812. The first-order chi connectivity index (χ1) is 6.58. The number of hydrogen-bond donors (Lipinski definition) is 1. The lowest BCUT2D eigenvalue weighted by atomic mass is 10.3. The van der Waals surface area contributed by atoms with Crippen molar-refractivity contribution in [1.29, 1.82) is 0 Å². The molecule has 0 fully saturated rings. The Balaban J connectivity index is 2.41. The molecule has 0 atom stereocenters. The lowest BCUT2D eigenvalue weighted by Crippen LogP contribution is -2.20. The first kappa shape index (κ1) is 11.0. The van der Waals surface area contributed by atoms with E-state index in [0.29, 0.717) is 11.2 Å². The summed E-state index contributed by atoms with van der Waals surface area (Å²) in [6, 6.07) is 1.82. The molecule has 14 heavy (non-hydrogen) atoms. The molecule has 0 unspecified atom stereocenters. The normalized spacial score (nSPS) is 9.64. The Morgan fingerprint density at radius 2 is 2.36 bits per heavy atom. The van der Waals surface area contributed by atoms with Crippen LogP contribution in [0.2, 0.25) is 0 Å². The van der Waals surface area contributed by atoms with E-state index in [-0.39, 0.29) is 5.91 Å². The summed E-state index contributed by atoms with van der Waals surface area (Å²) in [5.74, 6) is -0.0812. The monoisotopic (exact) mass is 257 g/mol. The van der Waals surface area contributed by atoms with Crippen molar-refractivity contribution < 1.29 is 9.21 Å². The summed E-state index contributed by atoms with van der Waals surface area (Å²) in [6.07, 6.45) is 3.17. The maximum atomic E-state index is 11.2. The van der Waals surface area contributed by atoms with Crippen LogP contribution < -0.4 is 5.32 Å². The van der Waals surface area contributed by atoms with Gasteiger partial charge < -0.3 is 9.73 Å². The van der Waals surface area contributed by atoms with Crippen LogP contribution in [0.15, 0.2) is 33.1 Å². The van der Waals surface area contributed by atoms with Crippen LogP contribution in [0.3, 0.4) is 0 Å². The summed E-state index contributed by atoms with van der Waals surface area (Å²) in [7, 11) is 0. The molecule has 1 N–H and O–H groups in total. The zero-order chi connectivity index (χ0) is 10.6. The Bertz CT molecular complexity index is 351. The Labute approximate surface area is 91.3 Å². The second kappa shape index (κ2) is 5.00. The Morgan fingerprint density at radius 3 is 2.86 bits per heavy atom. The standard InChI is InChI=1S/C10H12BrNO2/c1-7(2)3-10(13)12-5-8-4-9(11)14-6-8/h3-4,6H,5H2,1-2H3,(H,12,13). The van der Waals surface area contributed by atoms with E-state index in [9.17, 15) is 4.79 Å². The molecule has 1 rings (SSSR count). The van der Waals surface area contributed by atoms with Gasteiger partial charge in [-0.15, -0.1) is 0 Å². The van der Waals surface area contributed by atoms with Crippen molar-refractivity contribution in [1.82, 2.24) is 5.32 Å². The van der Waals surface area contributed by atoms with E-state index in [0.717, 1.165) is 11.1 Å². The van der Waals surface area contributed by atoms with E-state index in [4.69, 9.17) is 4.42 Å². The number of hydrogen-bond acceptors (Lipinski definition) is 2. The van der Waals surface area contributed by atoms with Gasteiger partial charge in [0.15, 0.2) is 4.67 Å². The molecule has 1 heterocycles. The van der Waals surface area contributed by atoms with Crippen molar-refractivity contribution in [3.05, 3.63) is 34.2 Å². The van der Waals surface area contributed by atoms with E-state index in [1.54, 1.807) is 12.3 Å². The van der Waals surface area contributed by atoms with Crippen LogP contribution in [0.25, 0.3) is 0 Å². The Kier molecular flexibility index (Phi) is 3.95. The molecular formula is C10H12BrNO2. The minimum absolute atomic E-state index is 0.0812. The second-order valence-electron chi connectivity index (χ2n) is 3.20. The van der Waals surface area contributed by atoms with Gasteiger partial charge in [0, 0.05) is 18.2 Å². The quantitative estimate of drug-likeness (QED) is 0.847. The van der Waals surface area contributed by atoms with Crippen molar-refractivity contribution in [2.75, 3.05) is 0 Å². The van der Waals surface area contributed by atoms with Gasteiger partial charge in [-0.3, -0.25) is 4.79 Å². The SMILES string of the molecule is CC(C)=CC(=O)NCc1coc(Br)c1. The molecule has 0 radical (unpaired) electrons. The predicted octanol–water partition coefficient (Wildman–Crippen LogP) is 2.62. The molecule has 0 spiro atoms. The number of amides is 1. The maximum Gasteiger partial charge on any atom is 0.244 e.